The van der Waals surface area contributed by atoms with Crippen LogP contribution < -0.4 is 5.32 Å². The van der Waals surface area contributed by atoms with Crippen LogP contribution in [0, 0.1) is 5.41 Å². The van der Waals surface area contributed by atoms with Crippen molar-refractivity contribution in [1.82, 2.24) is 5.32 Å². The molecule has 0 aliphatic heterocycles. The second-order valence-electron chi connectivity index (χ2n) is 8.65. The van der Waals surface area contributed by atoms with Crippen LogP contribution in [0.2, 0.25) is 0 Å². The fourth-order valence-corrected chi connectivity index (χ4v) is 3.90. The Hall–Kier alpha value is -2.37. The van der Waals surface area contributed by atoms with Crippen LogP contribution in [-0.4, -0.2) is 29.0 Å². The first-order chi connectivity index (χ1) is 12.6. The van der Waals surface area contributed by atoms with E-state index < -0.39 is 22.6 Å². The highest BCUT2D eigenvalue weighted by Crippen LogP contribution is 2.51. The molecule has 1 amide bonds. The molecule has 0 saturated heterocycles. The van der Waals surface area contributed by atoms with Gasteiger partial charge in [0.15, 0.2) is 5.78 Å². The van der Waals surface area contributed by atoms with E-state index in [0.717, 1.165) is 5.56 Å². The maximum absolute atomic E-state index is 12.8. The summed E-state index contributed by atoms with van der Waals surface area (Å²) in [6.07, 6.45) is 1.45. The molecule has 2 bridgehead atoms. The summed E-state index contributed by atoms with van der Waals surface area (Å²) < 4.78 is 10.8. The molecular weight excluding hydrogens is 346 g/mol. The number of esters is 1. The third-order valence-electron chi connectivity index (χ3n) is 5.48. The lowest BCUT2D eigenvalue weighted by molar-refractivity contribution is -0.177. The van der Waals surface area contributed by atoms with E-state index in [1.807, 2.05) is 51.1 Å². The van der Waals surface area contributed by atoms with E-state index in [1.165, 1.54) is 0 Å². The van der Waals surface area contributed by atoms with E-state index in [2.05, 4.69) is 5.32 Å². The number of carbonyl (C=O) groups is 3. The minimum atomic E-state index is -0.919. The molecule has 3 saturated carbocycles. The highest BCUT2D eigenvalue weighted by Gasteiger charge is 2.59. The smallest absolute Gasteiger partial charge is 0.408 e. The van der Waals surface area contributed by atoms with Gasteiger partial charge in [0.25, 0.3) is 0 Å². The average molecular weight is 373 g/mol. The lowest BCUT2D eigenvalue weighted by Gasteiger charge is -2.50. The molecule has 0 spiro atoms. The van der Waals surface area contributed by atoms with Gasteiger partial charge in [-0.2, -0.15) is 0 Å². The number of rotatable bonds is 4. The van der Waals surface area contributed by atoms with Gasteiger partial charge in [-0.25, -0.2) is 4.79 Å². The van der Waals surface area contributed by atoms with Gasteiger partial charge < -0.3 is 14.8 Å². The van der Waals surface area contributed by atoms with Crippen LogP contribution in [0.3, 0.4) is 0 Å². The zero-order valence-electron chi connectivity index (χ0n) is 16.2. The van der Waals surface area contributed by atoms with Crippen molar-refractivity contribution < 1.29 is 23.9 Å². The Kier molecular flexibility index (Phi) is 5.02. The number of hydrogen-bond acceptors (Lipinski definition) is 5. The zero-order valence-corrected chi connectivity index (χ0v) is 16.2. The second kappa shape index (κ2) is 6.98. The molecule has 4 rings (SSSR count). The van der Waals surface area contributed by atoms with Gasteiger partial charge in [0.2, 0.25) is 0 Å². The van der Waals surface area contributed by atoms with Gasteiger partial charge >= 0.3 is 12.1 Å². The molecule has 0 radical (unpaired) electrons. The van der Waals surface area contributed by atoms with Crippen molar-refractivity contribution in [3.63, 3.8) is 0 Å². The highest BCUT2D eigenvalue weighted by atomic mass is 16.6. The van der Waals surface area contributed by atoms with Crippen molar-refractivity contribution >= 4 is 17.8 Å². The number of Topliss-reactive ketones (excluding diaryl/α,β-unsaturated/α-hetero) is 1. The zero-order chi connectivity index (χ0) is 19.7. The molecule has 0 aromatic heterocycles. The van der Waals surface area contributed by atoms with Crippen molar-refractivity contribution in [3.05, 3.63) is 35.9 Å². The predicted molar refractivity (Wildman–Crippen MR) is 98.9 cm³/mol. The molecule has 0 atom stereocenters. The molecule has 1 aromatic carbocycles. The second-order valence-corrected chi connectivity index (χ2v) is 8.65. The Morgan fingerprint density at radius 1 is 1.07 bits per heavy atom. The standard InChI is InChI=1S/C21H27NO5/c1-19(2,3)27-17(24)20-9-11-21(12-10-20,16(23)13-20)22-18(25)26-14-15-7-5-4-6-8-15/h4-8H,9-14H2,1-3H3,(H,22,25). The molecule has 6 heteroatoms. The van der Waals surface area contributed by atoms with Gasteiger partial charge in [-0.05, 0) is 52.0 Å². The monoisotopic (exact) mass is 373 g/mol. The normalized spacial score (nSPS) is 27.1. The number of alkyl carbamates (subject to hydrolysis) is 1. The summed E-state index contributed by atoms with van der Waals surface area (Å²) in [5.41, 5.74) is -1.37. The maximum Gasteiger partial charge on any atom is 0.408 e. The molecule has 0 unspecified atom stereocenters. The van der Waals surface area contributed by atoms with Gasteiger partial charge in [0.1, 0.15) is 17.7 Å². The fraction of sp³-hybridized carbons (Fsp3) is 0.571. The number of nitrogens with one attached hydrogen (secondary N) is 1. The van der Waals surface area contributed by atoms with E-state index >= 15 is 0 Å². The minimum Gasteiger partial charge on any atom is -0.460 e. The molecule has 146 valence electrons. The van der Waals surface area contributed by atoms with Gasteiger partial charge in [0.05, 0.1) is 5.41 Å². The Morgan fingerprint density at radius 2 is 1.70 bits per heavy atom. The molecule has 1 aromatic rings. The van der Waals surface area contributed by atoms with Gasteiger partial charge in [-0.15, -0.1) is 0 Å². The third kappa shape index (κ3) is 4.15. The van der Waals surface area contributed by atoms with Crippen molar-refractivity contribution in [2.45, 2.75) is 70.6 Å². The molecule has 6 nitrogen and oxygen atoms in total. The molecule has 27 heavy (non-hydrogen) atoms. The molecule has 3 aliphatic rings. The van der Waals surface area contributed by atoms with E-state index in [1.54, 1.807) is 0 Å². The first-order valence-electron chi connectivity index (χ1n) is 9.40. The van der Waals surface area contributed by atoms with Crippen LogP contribution in [0.5, 0.6) is 0 Å². The Labute approximate surface area is 159 Å². The number of carbonyl (C=O) groups excluding carboxylic acids is 3. The van der Waals surface area contributed by atoms with E-state index in [0.29, 0.717) is 25.7 Å². The van der Waals surface area contributed by atoms with Crippen LogP contribution in [0.25, 0.3) is 0 Å². The topological polar surface area (TPSA) is 81.7 Å². The lowest BCUT2D eigenvalue weighted by atomic mass is 9.56. The summed E-state index contributed by atoms with van der Waals surface area (Å²) in [5.74, 6) is -0.411. The summed E-state index contributed by atoms with van der Waals surface area (Å²) in [4.78, 5) is 37.7. The van der Waals surface area contributed by atoms with Crippen LogP contribution in [0.15, 0.2) is 30.3 Å². The molecule has 1 N–H and O–H groups in total. The van der Waals surface area contributed by atoms with Crippen molar-refractivity contribution in [1.29, 1.82) is 0 Å². The number of ether oxygens (including phenoxy) is 2. The largest absolute Gasteiger partial charge is 0.460 e. The first kappa shape index (κ1) is 19.4. The van der Waals surface area contributed by atoms with Crippen LogP contribution in [-0.2, 0) is 25.7 Å². The van der Waals surface area contributed by atoms with Crippen molar-refractivity contribution in [3.8, 4) is 0 Å². The summed E-state index contributed by atoms with van der Waals surface area (Å²) >= 11 is 0. The minimum absolute atomic E-state index is 0.109. The van der Waals surface area contributed by atoms with E-state index in [4.69, 9.17) is 9.47 Å². The van der Waals surface area contributed by atoms with Gasteiger partial charge in [-0.3, -0.25) is 9.59 Å². The SMILES string of the molecule is CC(C)(C)OC(=O)C12CCC(NC(=O)OCc3ccccc3)(CC1)C(=O)C2. The Morgan fingerprint density at radius 3 is 2.26 bits per heavy atom. The summed E-state index contributed by atoms with van der Waals surface area (Å²) in [6, 6.07) is 9.37. The maximum atomic E-state index is 12.8. The molecule has 0 heterocycles. The summed E-state index contributed by atoms with van der Waals surface area (Å²) in [6.45, 7) is 5.62. The summed E-state index contributed by atoms with van der Waals surface area (Å²) in [7, 11) is 0. The number of amides is 1. The van der Waals surface area contributed by atoms with Crippen LogP contribution in [0.1, 0.15) is 58.4 Å². The number of hydrogen-bond donors (Lipinski definition) is 1. The number of benzene rings is 1. The highest BCUT2D eigenvalue weighted by molar-refractivity contribution is 5.98. The van der Waals surface area contributed by atoms with E-state index in [-0.39, 0.29) is 24.8 Å². The quantitative estimate of drug-likeness (QED) is 0.817. The molecular formula is C21H27NO5. The predicted octanol–water partition coefficient (Wildman–Crippen LogP) is 3.53. The summed E-state index contributed by atoms with van der Waals surface area (Å²) in [5, 5.41) is 2.78. The third-order valence-corrected chi connectivity index (χ3v) is 5.48. The average Bonchev–Trinajstić information content (AvgIpc) is 2.61. The van der Waals surface area contributed by atoms with Crippen LogP contribution in [0.4, 0.5) is 4.79 Å². The molecule has 3 aliphatic carbocycles. The van der Waals surface area contributed by atoms with Crippen molar-refractivity contribution in [2.24, 2.45) is 5.41 Å². The molecule has 3 fully saturated rings. The fourth-order valence-electron chi connectivity index (χ4n) is 3.90. The Balaban J connectivity index is 1.60. The Bertz CT molecular complexity index is 727. The van der Waals surface area contributed by atoms with Gasteiger partial charge in [-0.1, -0.05) is 30.3 Å². The first-order valence-corrected chi connectivity index (χ1v) is 9.40. The number of fused-ring (bicyclic) bond motifs is 3. The van der Waals surface area contributed by atoms with Gasteiger partial charge in [0, 0.05) is 6.42 Å². The van der Waals surface area contributed by atoms with Crippen molar-refractivity contribution in [2.75, 3.05) is 0 Å². The van der Waals surface area contributed by atoms with Crippen LogP contribution >= 0.6 is 0 Å². The lowest BCUT2D eigenvalue weighted by Crippen LogP contribution is -2.64. The number of ketones is 1. The van der Waals surface area contributed by atoms with E-state index in [9.17, 15) is 14.4 Å².